The van der Waals surface area contributed by atoms with Crippen LogP contribution in [0, 0.1) is 0 Å². The van der Waals surface area contributed by atoms with Crippen molar-refractivity contribution < 1.29 is 17.6 Å². The van der Waals surface area contributed by atoms with Crippen LogP contribution in [0.5, 0.6) is 0 Å². The molecular weight excluding hydrogens is 366 g/mol. The molecule has 8 heteroatoms. The molecule has 0 aliphatic rings. The van der Waals surface area contributed by atoms with Crippen LogP contribution in [-0.4, -0.2) is 29.8 Å². The van der Waals surface area contributed by atoms with Gasteiger partial charge in [0.2, 0.25) is 11.8 Å². The van der Waals surface area contributed by atoms with Gasteiger partial charge in [0.05, 0.1) is 16.6 Å². The fourth-order valence-corrected chi connectivity index (χ4v) is 3.45. The third-order valence-electron chi connectivity index (χ3n) is 3.93. The van der Waals surface area contributed by atoms with Gasteiger partial charge in [0.25, 0.3) is 0 Å². The van der Waals surface area contributed by atoms with Crippen LogP contribution >= 0.6 is 0 Å². The largest absolute Gasteiger partial charge is 0.403 e. The Kier molecular flexibility index (Phi) is 5.36. The molecular formula is C19H19N3O4S. The number of benzene rings is 2. The Labute approximate surface area is 157 Å². The highest BCUT2D eigenvalue weighted by atomic mass is 32.2. The maximum atomic E-state index is 12.2. The molecule has 0 aliphatic heterocycles. The summed E-state index contributed by atoms with van der Waals surface area (Å²) in [6.45, 7) is 3.26. The molecule has 1 aromatic heterocycles. The fourth-order valence-electron chi connectivity index (χ4n) is 2.39. The van der Waals surface area contributed by atoms with Gasteiger partial charge in [-0.1, -0.05) is 35.4 Å². The van der Waals surface area contributed by atoms with Crippen LogP contribution in [-0.2, 0) is 21.1 Å². The van der Waals surface area contributed by atoms with Crippen molar-refractivity contribution in [2.24, 2.45) is 0 Å². The molecule has 3 rings (SSSR count). The average molecular weight is 385 g/mol. The second kappa shape index (κ2) is 7.71. The monoisotopic (exact) mass is 385 g/mol. The van der Waals surface area contributed by atoms with Gasteiger partial charge >= 0.3 is 6.01 Å². The Morgan fingerprint density at radius 1 is 1.04 bits per heavy atom. The van der Waals surface area contributed by atoms with Crippen molar-refractivity contribution in [3.8, 4) is 11.5 Å². The first-order valence-corrected chi connectivity index (χ1v) is 9.92. The van der Waals surface area contributed by atoms with Gasteiger partial charge in [0, 0.05) is 5.56 Å². The highest BCUT2D eigenvalue weighted by molar-refractivity contribution is 7.92. The molecule has 7 nitrogen and oxygen atoms in total. The van der Waals surface area contributed by atoms with Gasteiger partial charge in [0.15, 0.2) is 9.84 Å². The predicted octanol–water partition coefficient (Wildman–Crippen LogP) is 3.10. The van der Waals surface area contributed by atoms with Gasteiger partial charge in [-0.3, -0.25) is 10.1 Å². The molecule has 0 saturated carbocycles. The number of nitrogens with zero attached hydrogens (tertiary/aromatic N) is 2. The molecule has 0 spiro atoms. The highest BCUT2D eigenvalue weighted by Gasteiger charge is 2.19. The Morgan fingerprint density at radius 3 is 2.33 bits per heavy atom. The standard InChI is InChI=1S/C19H19N3O4S/c1-13(2)27(24,25)16-10-8-15(9-11-16)18-21-22-19(26-18)20-17(23)12-14-6-4-3-5-7-14/h3-11,13H,12H2,1-2H3,(H,20,22,23). The van der Waals surface area contributed by atoms with Crippen molar-refractivity contribution in [1.82, 2.24) is 10.2 Å². The first kappa shape index (κ1) is 18.8. The summed E-state index contributed by atoms with van der Waals surface area (Å²) >= 11 is 0. The summed E-state index contributed by atoms with van der Waals surface area (Å²) in [5.74, 6) is -0.0757. The highest BCUT2D eigenvalue weighted by Crippen LogP contribution is 2.23. The summed E-state index contributed by atoms with van der Waals surface area (Å²) in [7, 11) is -3.34. The van der Waals surface area contributed by atoms with Crippen molar-refractivity contribution in [1.29, 1.82) is 0 Å². The summed E-state index contributed by atoms with van der Waals surface area (Å²) in [4.78, 5) is 12.3. The molecule has 0 bridgehead atoms. The lowest BCUT2D eigenvalue weighted by atomic mass is 10.1. The zero-order valence-electron chi connectivity index (χ0n) is 14.9. The molecule has 27 heavy (non-hydrogen) atoms. The number of carbonyl (C=O) groups is 1. The second-order valence-corrected chi connectivity index (χ2v) is 8.75. The van der Waals surface area contributed by atoms with Crippen LogP contribution in [0.2, 0.25) is 0 Å². The zero-order chi connectivity index (χ0) is 19.4. The lowest BCUT2D eigenvalue weighted by Crippen LogP contribution is -2.14. The SMILES string of the molecule is CC(C)S(=O)(=O)c1ccc(-c2nnc(NC(=O)Cc3ccccc3)o2)cc1. The summed E-state index contributed by atoms with van der Waals surface area (Å²) in [5.41, 5.74) is 1.44. The molecule has 140 valence electrons. The summed E-state index contributed by atoms with van der Waals surface area (Å²) in [6.07, 6.45) is 0.195. The Morgan fingerprint density at radius 2 is 1.70 bits per heavy atom. The lowest BCUT2D eigenvalue weighted by Gasteiger charge is -2.07. The molecule has 3 aromatic rings. The maximum absolute atomic E-state index is 12.2. The van der Waals surface area contributed by atoms with Gasteiger partial charge in [-0.2, -0.15) is 0 Å². The minimum atomic E-state index is -3.34. The van der Waals surface area contributed by atoms with E-state index in [4.69, 9.17) is 4.42 Å². The molecule has 1 heterocycles. The smallest absolute Gasteiger partial charge is 0.322 e. The van der Waals surface area contributed by atoms with E-state index in [1.54, 1.807) is 26.0 Å². The minimum Gasteiger partial charge on any atom is -0.403 e. The van der Waals surface area contributed by atoms with Crippen LogP contribution in [0.1, 0.15) is 19.4 Å². The van der Waals surface area contributed by atoms with Crippen LogP contribution in [0.15, 0.2) is 63.9 Å². The van der Waals surface area contributed by atoms with E-state index in [1.807, 2.05) is 30.3 Å². The molecule has 1 N–H and O–H groups in total. The number of anilines is 1. The first-order chi connectivity index (χ1) is 12.9. The summed E-state index contributed by atoms with van der Waals surface area (Å²) in [6, 6.07) is 15.5. The van der Waals surface area contributed by atoms with Crippen molar-refractivity contribution in [3.05, 3.63) is 60.2 Å². The summed E-state index contributed by atoms with van der Waals surface area (Å²) < 4.78 is 29.8. The number of aromatic nitrogens is 2. The van der Waals surface area contributed by atoms with Crippen molar-refractivity contribution >= 4 is 21.8 Å². The third kappa shape index (κ3) is 4.40. The van der Waals surface area contributed by atoms with E-state index in [1.165, 1.54) is 12.1 Å². The van der Waals surface area contributed by atoms with Gasteiger partial charge in [-0.15, -0.1) is 5.10 Å². The predicted molar refractivity (Wildman–Crippen MR) is 101 cm³/mol. The van der Waals surface area contributed by atoms with E-state index < -0.39 is 15.1 Å². The number of rotatable bonds is 6. The van der Waals surface area contributed by atoms with Crippen molar-refractivity contribution in [3.63, 3.8) is 0 Å². The zero-order valence-corrected chi connectivity index (χ0v) is 15.7. The number of hydrogen-bond donors (Lipinski definition) is 1. The Balaban J connectivity index is 1.69. The average Bonchev–Trinajstić information content (AvgIpc) is 3.10. The van der Waals surface area contributed by atoms with E-state index in [2.05, 4.69) is 15.5 Å². The Bertz CT molecular complexity index is 1030. The molecule has 1 amide bonds. The van der Waals surface area contributed by atoms with Gasteiger partial charge < -0.3 is 4.42 Å². The number of hydrogen-bond acceptors (Lipinski definition) is 6. The van der Waals surface area contributed by atoms with E-state index in [-0.39, 0.29) is 29.1 Å². The van der Waals surface area contributed by atoms with E-state index in [9.17, 15) is 13.2 Å². The number of carbonyl (C=O) groups excluding carboxylic acids is 1. The van der Waals surface area contributed by atoms with Crippen molar-refractivity contribution in [2.75, 3.05) is 5.32 Å². The fraction of sp³-hybridized carbons (Fsp3) is 0.211. The number of sulfone groups is 1. The molecule has 0 atom stereocenters. The Hall–Kier alpha value is -3.00. The van der Waals surface area contributed by atoms with Gasteiger partial charge in [-0.25, -0.2) is 8.42 Å². The van der Waals surface area contributed by atoms with Gasteiger partial charge in [0.1, 0.15) is 0 Å². The van der Waals surface area contributed by atoms with Crippen LogP contribution in [0.25, 0.3) is 11.5 Å². The van der Waals surface area contributed by atoms with E-state index in [0.717, 1.165) is 5.56 Å². The van der Waals surface area contributed by atoms with E-state index >= 15 is 0 Å². The van der Waals surface area contributed by atoms with Crippen LogP contribution < -0.4 is 5.32 Å². The quantitative estimate of drug-likeness (QED) is 0.699. The number of amides is 1. The van der Waals surface area contributed by atoms with Gasteiger partial charge in [-0.05, 0) is 43.7 Å². The van der Waals surface area contributed by atoms with Crippen LogP contribution in [0.3, 0.4) is 0 Å². The topological polar surface area (TPSA) is 102 Å². The molecule has 0 fully saturated rings. The lowest BCUT2D eigenvalue weighted by molar-refractivity contribution is -0.115. The third-order valence-corrected chi connectivity index (χ3v) is 6.10. The minimum absolute atomic E-state index is 0.00944. The first-order valence-electron chi connectivity index (χ1n) is 8.38. The molecule has 0 aliphatic carbocycles. The van der Waals surface area contributed by atoms with Crippen LogP contribution in [0.4, 0.5) is 6.01 Å². The molecule has 0 saturated heterocycles. The second-order valence-electron chi connectivity index (χ2n) is 6.24. The number of nitrogens with one attached hydrogen (secondary N) is 1. The maximum Gasteiger partial charge on any atom is 0.322 e. The molecule has 0 radical (unpaired) electrons. The molecule has 0 unspecified atom stereocenters. The normalized spacial score (nSPS) is 11.5. The molecule has 2 aromatic carbocycles. The summed E-state index contributed by atoms with van der Waals surface area (Å²) in [5, 5.41) is 9.75. The van der Waals surface area contributed by atoms with E-state index in [0.29, 0.717) is 5.56 Å². The van der Waals surface area contributed by atoms with Crippen molar-refractivity contribution in [2.45, 2.75) is 30.4 Å².